The zero-order valence-corrected chi connectivity index (χ0v) is 15.2. The van der Waals surface area contributed by atoms with E-state index in [1.165, 1.54) is 0 Å². The van der Waals surface area contributed by atoms with E-state index in [1.807, 2.05) is 30.5 Å². The van der Waals surface area contributed by atoms with Crippen molar-refractivity contribution in [1.29, 1.82) is 0 Å². The second-order valence-corrected chi connectivity index (χ2v) is 7.34. The molecule has 1 unspecified atom stereocenters. The summed E-state index contributed by atoms with van der Waals surface area (Å²) in [5, 5.41) is 4.57. The van der Waals surface area contributed by atoms with Gasteiger partial charge in [-0.1, -0.05) is 6.07 Å². The van der Waals surface area contributed by atoms with Crippen molar-refractivity contribution in [3.05, 3.63) is 48.7 Å². The van der Waals surface area contributed by atoms with Gasteiger partial charge >= 0.3 is 0 Å². The van der Waals surface area contributed by atoms with E-state index in [2.05, 4.69) is 15.1 Å². The average Bonchev–Trinajstić information content (AvgIpc) is 3.15. The number of fused-ring (bicyclic) bond motifs is 1. The number of hydrogen-bond acceptors (Lipinski definition) is 5. The van der Waals surface area contributed by atoms with Crippen molar-refractivity contribution in [3.8, 4) is 11.1 Å². The fraction of sp³-hybridized carbons (Fsp3) is 0.400. The number of nitrogens with zero attached hydrogens (tertiary/aromatic N) is 5. The molecule has 5 rings (SSSR count). The van der Waals surface area contributed by atoms with Crippen LogP contribution >= 0.6 is 0 Å². The maximum atomic E-state index is 13.1. The number of morpholine rings is 1. The van der Waals surface area contributed by atoms with Crippen molar-refractivity contribution in [3.63, 3.8) is 0 Å². The minimum absolute atomic E-state index is 0.0184. The molecule has 1 amide bonds. The quantitative estimate of drug-likeness (QED) is 0.697. The van der Waals surface area contributed by atoms with Crippen LogP contribution in [0.1, 0.15) is 24.8 Å². The van der Waals surface area contributed by atoms with Gasteiger partial charge in [0, 0.05) is 42.2 Å². The highest BCUT2D eigenvalue weighted by atomic mass is 19.1. The number of carbonyl (C=O) groups is 1. The van der Waals surface area contributed by atoms with Gasteiger partial charge in [-0.05, 0) is 31.0 Å². The monoisotopic (exact) mass is 381 g/mol. The first kappa shape index (κ1) is 17.2. The van der Waals surface area contributed by atoms with Gasteiger partial charge in [-0.2, -0.15) is 0 Å². The van der Waals surface area contributed by atoms with Crippen molar-refractivity contribution in [2.75, 3.05) is 19.7 Å². The number of hydrogen-bond donors (Lipinski definition) is 0. The summed E-state index contributed by atoms with van der Waals surface area (Å²) in [5.74, 6) is 0.382. The first-order chi connectivity index (χ1) is 13.7. The van der Waals surface area contributed by atoms with Crippen LogP contribution in [0.2, 0.25) is 0 Å². The van der Waals surface area contributed by atoms with Gasteiger partial charge in [0.05, 0.1) is 13.2 Å². The van der Waals surface area contributed by atoms with Crippen LogP contribution in [0.25, 0.3) is 16.8 Å². The topological polar surface area (TPSA) is 72.6 Å². The summed E-state index contributed by atoms with van der Waals surface area (Å²) < 4.78 is 20.6. The van der Waals surface area contributed by atoms with E-state index in [9.17, 15) is 9.18 Å². The molecule has 7 nitrogen and oxygen atoms in total. The van der Waals surface area contributed by atoms with E-state index in [0.29, 0.717) is 44.0 Å². The summed E-state index contributed by atoms with van der Waals surface area (Å²) in [6.07, 6.45) is 4.91. The lowest BCUT2D eigenvalue weighted by atomic mass is 9.82. The molecule has 144 valence electrons. The molecule has 0 spiro atoms. The van der Waals surface area contributed by atoms with Crippen molar-refractivity contribution < 1.29 is 13.9 Å². The maximum Gasteiger partial charge on any atom is 0.226 e. The molecule has 4 heterocycles. The Morgan fingerprint density at radius 3 is 2.89 bits per heavy atom. The number of rotatable bonds is 3. The summed E-state index contributed by atoms with van der Waals surface area (Å²) in [5.41, 5.74) is 2.71. The number of aromatic nitrogens is 4. The van der Waals surface area contributed by atoms with Gasteiger partial charge in [-0.3, -0.25) is 9.78 Å². The number of halogens is 1. The second kappa shape index (κ2) is 6.94. The molecular formula is C20H20FN5O2. The molecule has 0 bridgehead atoms. The summed E-state index contributed by atoms with van der Waals surface area (Å²) >= 11 is 0. The van der Waals surface area contributed by atoms with E-state index >= 15 is 0 Å². The summed E-state index contributed by atoms with van der Waals surface area (Å²) in [7, 11) is 0. The smallest absolute Gasteiger partial charge is 0.226 e. The molecular weight excluding hydrogens is 361 g/mol. The molecule has 1 atom stereocenters. The Morgan fingerprint density at radius 1 is 1.21 bits per heavy atom. The van der Waals surface area contributed by atoms with E-state index in [1.54, 1.807) is 21.8 Å². The summed E-state index contributed by atoms with van der Waals surface area (Å²) in [4.78, 5) is 23.0. The summed E-state index contributed by atoms with van der Waals surface area (Å²) in [6.45, 7) is 1.36. The van der Waals surface area contributed by atoms with Gasteiger partial charge in [-0.25, -0.2) is 13.9 Å². The second-order valence-electron chi connectivity index (χ2n) is 7.34. The lowest BCUT2D eigenvalue weighted by molar-refractivity contribution is -0.148. The molecule has 3 aromatic heterocycles. The molecule has 0 N–H and O–H groups in total. The van der Waals surface area contributed by atoms with Crippen molar-refractivity contribution in [2.24, 2.45) is 5.92 Å². The SMILES string of the molecule is O=C(C1CC(F)C1)N1CCOC(c2nc3ccc(-c4cccnc4)cn3n2)C1. The predicted octanol–water partition coefficient (Wildman–Crippen LogP) is 2.44. The number of amides is 1. The predicted molar refractivity (Wildman–Crippen MR) is 99.1 cm³/mol. The molecule has 1 saturated carbocycles. The molecule has 1 aliphatic carbocycles. The van der Waals surface area contributed by atoms with Crippen LogP contribution in [-0.2, 0) is 9.53 Å². The third-order valence-electron chi connectivity index (χ3n) is 5.44. The molecule has 2 aliphatic rings. The van der Waals surface area contributed by atoms with Crippen molar-refractivity contribution in [1.82, 2.24) is 24.5 Å². The normalized spacial score (nSPS) is 24.9. The molecule has 3 aromatic rings. The Morgan fingerprint density at radius 2 is 2.11 bits per heavy atom. The van der Waals surface area contributed by atoms with Crippen LogP contribution in [0.15, 0.2) is 42.9 Å². The Labute approximate surface area is 161 Å². The van der Waals surface area contributed by atoms with Gasteiger partial charge in [0.25, 0.3) is 0 Å². The van der Waals surface area contributed by atoms with E-state index in [0.717, 1.165) is 11.1 Å². The van der Waals surface area contributed by atoms with Crippen LogP contribution in [-0.4, -0.2) is 56.3 Å². The minimum Gasteiger partial charge on any atom is -0.366 e. The Bertz CT molecular complexity index is 1000. The standard InChI is InChI=1S/C20H20FN5O2/c21-16-8-15(9-16)20(27)25-6-7-28-17(12-25)19-23-18-4-3-14(11-26(18)24-19)13-2-1-5-22-10-13/h1-5,10-11,15-17H,6-9,12H2. The number of pyridine rings is 2. The Balaban J connectivity index is 1.36. The molecule has 2 fully saturated rings. The Hall–Kier alpha value is -2.87. The van der Waals surface area contributed by atoms with Crippen LogP contribution in [0.3, 0.4) is 0 Å². The first-order valence-electron chi connectivity index (χ1n) is 9.48. The highest BCUT2D eigenvalue weighted by Gasteiger charge is 2.39. The highest BCUT2D eigenvalue weighted by Crippen LogP contribution is 2.33. The van der Waals surface area contributed by atoms with Gasteiger partial charge in [0.1, 0.15) is 12.3 Å². The lowest BCUT2D eigenvalue weighted by Crippen LogP contribution is -2.48. The van der Waals surface area contributed by atoms with Gasteiger partial charge in [0.2, 0.25) is 5.91 Å². The lowest BCUT2D eigenvalue weighted by Gasteiger charge is -2.37. The first-order valence-corrected chi connectivity index (χ1v) is 9.48. The average molecular weight is 381 g/mol. The molecule has 8 heteroatoms. The van der Waals surface area contributed by atoms with Gasteiger partial charge in [0.15, 0.2) is 11.5 Å². The number of carbonyl (C=O) groups excluding carboxylic acids is 1. The maximum absolute atomic E-state index is 13.1. The van der Waals surface area contributed by atoms with Crippen LogP contribution in [0, 0.1) is 5.92 Å². The third-order valence-corrected chi connectivity index (χ3v) is 5.44. The largest absolute Gasteiger partial charge is 0.366 e. The molecule has 0 aromatic carbocycles. The zero-order valence-electron chi connectivity index (χ0n) is 15.2. The molecule has 0 radical (unpaired) electrons. The number of ether oxygens (including phenoxy) is 1. The van der Waals surface area contributed by atoms with Gasteiger partial charge in [-0.15, -0.1) is 5.10 Å². The van der Waals surface area contributed by atoms with Crippen LogP contribution in [0.5, 0.6) is 0 Å². The fourth-order valence-electron chi connectivity index (χ4n) is 3.75. The number of alkyl halides is 1. The zero-order chi connectivity index (χ0) is 19.1. The van der Waals surface area contributed by atoms with Crippen molar-refractivity contribution >= 4 is 11.6 Å². The minimum atomic E-state index is -0.833. The van der Waals surface area contributed by atoms with Crippen LogP contribution in [0.4, 0.5) is 4.39 Å². The van der Waals surface area contributed by atoms with Crippen LogP contribution < -0.4 is 0 Å². The summed E-state index contributed by atoms with van der Waals surface area (Å²) in [6, 6.07) is 7.76. The Kier molecular flexibility index (Phi) is 4.27. The fourth-order valence-corrected chi connectivity index (χ4v) is 3.75. The molecule has 1 saturated heterocycles. The molecule has 28 heavy (non-hydrogen) atoms. The third kappa shape index (κ3) is 3.13. The van der Waals surface area contributed by atoms with E-state index in [4.69, 9.17) is 4.74 Å². The highest BCUT2D eigenvalue weighted by molar-refractivity contribution is 5.80. The molecule has 1 aliphatic heterocycles. The van der Waals surface area contributed by atoms with Crippen molar-refractivity contribution in [2.45, 2.75) is 25.1 Å². The van der Waals surface area contributed by atoms with E-state index < -0.39 is 6.17 Å². The van der Waals surface area contributed by atoms with Gasteiger partial charge < -0.3 is 9.64 Å². The van der Waals surface area contributed by atoms with E-state index in [-0.39, 0.29) is 17.9 Å².